The van der Waals surface area contributed by atoms with Crippen LogP contribution in [0.2, 0.25) is 0 Å². The zero-order chi connectivity index (χ0) is 11.8. The van der Waals surface area contributed by atoms with Crippen LogP contribution in [0.3, 0.4) is 0 Å². The summed E-state index contributed by atoms with van der Waals surface area (Å²) >= 11 is 0. The smallest absolute Gasteiger partial charge is 0.0880 e. The molecule has 0 aromatic carbocycles. The topological polar surface area (TPSA) is 50.9 Å². The molecule has 1 unspecified atom stereocenters. The first-order valence-electron chi connectivity index (χ1n) is 6.09. The average molecular weight is 223 g/mol. The van der Waals surface area contributed by atoms with Gasteiger partial charge in [0.1, 0.15) is 0 Å². The molecule has 2 rings (SSSR count). The molecule has 0 amide bonds. The molecule has 16 heavy (non-hydrogen) atoms. The average Bonchev–Trinajstić information content (AvgIpc) is 2.66. The van der Waals surface area contributed by atoms with Crippen LogP contribution in [0.4, 0.5) is 0 Å². The van der Waals surface area contributed by atoms with Crippen LogP contribution >= 0.6 is 0 Å². The molecule has 1 aliphatic carbocycles. The van der Waals surface area contributed by atoms with Gasteiger partial charge in [-0.05, 0) is 12.8 Å². The van der Waals surface area contributed by atoms with E-state index in [1.165, 1.54) is 6.42 Å². The zero-order valence-corrected chi connectivity index (χ0v) is 10.3. The summed E-state index contributed by atoms with van der Waals surface area (Å²) in [5.74, 6) is 0. The minimum Gasteiger partial charge on any atom is -0.391 e. The standard InChI is InChI=1S/C12H21N3O/c1-12(2,3)11-8-15(14-13-11)9-6-4-5-7-10(9)16/h8-10,16H,4-7H2,1-3H3/t9?,10-/m1/s1. The first-order valence-corrected chi connectivity index (χ1v) is 6.09. The molecule has 1 aromatic heterocycles. The highest BCUT2D eigenvalue weighted by Gasteiger charge is 2.27. The van der Waals surface area contributed by atoms with Gasteiger partial charge in [0.05, 0.1) is 17.8 Å². The van der Waals surface area contributed by atoms with E-state index in [9.17, 15) is 5.11 Å². The Morgan fingerprint density at radius 2 is 2.00 bits per heavy atom. The molecule has 4 nitrogen and oxygen atoms in total. The Hall–Kier alpha value is -0.900. The van der Waals surface area contributed by atoms with Gasteiger partial charge in [-0.2, -0.15) is 0 Å². The summed E-state index contributed by atoms with van der Waals surface area (Å²) in [4.78, 5) is 0. The first kappa shape index (κ1) is 11.6. The Balaban J connectivity index is 2.18. The Morgan fingerprint density at radius 3 is 2.56 bits per heavy atom. The van der Waals surface area contributed by atoms with Crippen molar-refractivity contribution in [3.05, 3.63) is 11.9 Å². The van der Waals surface area contributed by atoms with Gasteiger partial charge in [0.2, 0.25) is 0 Å². The largest absolute Gasteiger partial charge is 0.391 e. The Kier molecular flexibility index (Phi) is 3.02. The van der Waals surface area contributed by atoms with E-state index in [4.69, 9.17) is 0 Å². The quantitative estimate of drug-likeness (QED) is 0.792. The van der Waals surface area contributed by atoms with Crippen LogP contribution in [0.1, 0.15) is 58.2 Å². The molecule has 1 heterocycles. The minimum atomic E-state index is -0.261. The van der Waals surface area contributed by atoms with Gasteiger partial charge in [-0.3, -0.25) is 0 Å². The summed E-state index contributed by atoms with van der Waals surface area (Å²) in [6.45, 7) is 6.37. The van der Waals surface area contributed by atoms with Crippen molar-refractivity contribution >= 4 is 0 Å². The Morgan fingerprint density at radius 1 is 1.31 bits per heavy atom. The van der Waals surface area contributed by atoms with E-state index in [1.54, 1.807) is 0 Å². The number of aliphatic hydroxyl groups is 1. The number of aromatic nitrogens is 3. The summed E-state index contributed by atoms with van der Waals surface area (Å²) < 4.78 is 1.85. The molecule has 2 atom stereocenters. The van der Waals surface area contributed by atoms with Crippen molar-refractivity contribution in [1.29, 1.82) is 0 Å². The number of hydrogen-bond donors (Lipinski definition) is 1. The lowest BCUT2D eigenvalue weighted by Gasteiger charge is -2.27. The van der Waals surface area contributed by atoms with E-state index < -0.39 is 0 Å². The van der Waals surface area contributed by atoms with Crippen LogP contribution in [0.5, 0.6) is 0 Å². The minimum absolute atomic E-state index is 0.0257. The third kappa shape index (κ3) is 2.26. The predicted octanol–water partition coefficient (Wildman–Crippen LogP) is 2.05. The highest BCUT2D eigenvalue weighted by molar-refractivity contribution is 5.07. The van der Waals surface area contributed by atoms with Crippen molar-refractivity contribution in [2.24, 2.45) is 0 Å². The zero-order valence-electron chi connectivity index (χ0n) is 10.3. The molecule has 0 saturated heterocycles. The van der Waals surface area contributed by atoms with Gasteiger partial charge in [-0.25, -0.2) is 4.68 Å². The Labute approximate surface area is 96.7 Å². The van der Waals surface area contributed by atoms with Gasteiger partial charge in [-0.15, -0.1) is 5.10 Å². The molecule has 90 valence electrons. The van der Waals surface area contributed by atoms with E-state index in [1.807, 2.05) is 10.9 Å². The number of aliphatic hydroxyl groups excluding tert-OH is 1. The van der Waals surface area contributed by atoms with Crippen LogP contribution < -0.4 is 0 Å². The summed E-state index contributed by atoms with van der Waals surface area (Å²) in [6.07, 6.45) is 5.91. The number of rotatable bonds is 1. The van der Waals surface area contributed by atoms with Crippen LogP contribution in [0.15, 0.2) is 6.20 Å². The fourth-order valence-corrected chi connectivity index (χ4v) is 2.18. The van der Waals surface area contributed by atoms with Crippen LogP contribution in [0, 0.1) is 0 Å². The van der Waals surface area contributed by atoms with Gasteiger partial charge in [0.25, 0.3) is 0 Å². The molecule has 1 fully saturated rings. The lowest BCUT2D eigenvalue weighted by atomic mass is 9.91. The predicted molar refractivity (Wildman–Crippen MR) is 62.2 cm³/mol. The highest BCUT2D eigenvalue weighted by Crippen LogP contribution is 2.29. The SMILES string of the molecule is CC(C)(C)c1cn(C2CCCC[C@H]2O)nn1. The van der Waals surface area contributed by atoms with Gasteiger partial charge in [0, 0.05) is 11.6 Å². The molecule has 0 aliphatic heterocycles. The van der Waals surface area contributed by atoms with E-state index in [0.717, 1.165) is 25.0 Å². The highest BCUT2D eigenvalue weighted by atomic mass is 16.3. The maximum atomic E-state index is 9.95. The second-order valence-corrected chi connectivity index (χ2v) is 5.75. The first-order chi connectivity index (χ1) is 7.48. The summed E-state index contributed by atoms with van der Waals surface area (Å²) in [7, 11) is 0. The van der Waals surface area contributed by atoms with Crippen molar-refractivity contribution in [3.63, 3.8) is 0 Å². The second-order valence-electron chi connectivity index (χ2n) is 5.75. The molecule has 0 spiro atoms. The molecular formula is C12H21N3O. The molecule has 1 aromatic rings. The molecular weight excluding hydrogens is 202 g/mol. The number of nitrogens with zero attached hydrogens (tertiary/aromatic N) is 3. The van der Waals surface area contributed by atoms with Gasteiger partial charge in [-0.1, -0.05) is 38.8 Å². The fourth-order valence-electron chi connectivity index (χ4n) is 2.18. The van der Waals surface area contributed by atoms with E-state index in [2.05, 4.69) is 31.1 Å². The molecule has 4 heteroatoms. The van der Waals surface area contributed by atoms with Crippen LogP contribution in [-0.2, 0) is 5.41 Å². The fraction of sp³-hybridized carbons (Fsp3) is 0.833. The van der Waals surface area contributed by atoms with Gasteiger partial charge >= 0.3 is 0 Å². The van der Waals surface area contributed by atoms with Crippen molar-refractivity contribution in [1.82, 2.24) is 15.0 Å². The van der Waals surface area contributed by atoms with Gasteiger partial charge in [0.15, 0.2) is 0 Å². The molecule has 1 aliphatic rings. The summed E-state index contributed by atoms with van der Waals surface area (Å²) in [5, 5.41) is 18.3. The normalized spacial score (nSPS) is 27.0. The van der Waals surface area contributed by atoms with E-state index in [-0.39, 0.29) is 17.6 Å². The van der Waals surface area contributed by atoms with E-state index in [0.29, 0.717) is 0 Å². The van der Waals surface area contributed by atoms with Crippen molar-refractivity contribution in [2.45, 2.75) is 64.0 Å². The number of hydrogen-bond acceptors (Lipinski definition) is 3. The third-order valence-electron chi connectivity index (χ3n) is 3.31. The van der Waals surface area contributed by atoms with Crippen LogP contribution in [0.25, 0.3) is 0 Å². The summed E-state index contributed by atoms with van der Waals surface area (Å²) in [5.41, 5.74) is 1.02. The van der Waals surface area contributed by atoms with E-state index >= 15 is 0 Å². The van der Waals surface area contributed by atoms with Crippen LogP contribution in [-0.4, -0.2) is 26.2 Å². The monoisotopic (exact) mass is 223 g/mol. The Bertz CT molecular complexity index is 353. The van der Waals surface area contributed by atoms with Crippen molar-refractivity contribution in [3.8, 4) is 0 Å². The molecule has 1 saturated carbocycles. The second kappa shape index (κ2) is 4.17. The molecule has 0 bridgehead atoms. The molecule has 1 N–H and O–H groups in total. The summed E-state index contributed by atoms with van der Waals surface area (Å²) in [6, 6.07) is 0.123. The maximum absolute atomic E-state index is 9.95. The van der Waals surface area contributed by atoms with Crippen molar-refractivity contribution < 1.29 is 5.11 Å². The molecule has 0 radical (unpaired) electrons. The van der Waals surface area contributed by atoms with Gasteiger partial charge < -0.3 is 5.11 Å². The van der Waals surface area contributed by atoms with Crippen molar-refractivity contribution in [2.75, 3.05) is 0 Å². The third-order valence-corrected chi connectivity index (χ3v) is 3.31. The lowest BCUT2D eigenvalue weighted by Crippen LogP contribution is -2.28. The maximum Gasteiger partial charge on any atom is 0.0880 e. The lowest BCUT2D eigenvalue weighted by molar-refractivity contribution is 0.0685.